The van der Waals surface area contributed by atoms with Gasteiger partial charge in [-0.15, -0.1) is 0 Å². The number of nitrogens with one attached hydrogen (secondary N) is 1. The van der Waals surface area contributed by atoms with Crippen LogP contribution in [0.25, 0.3) is 0 Å². The van der Waals surface area contributed by atoms with E-state index < -0.39 is 12.0 Å². The maximum Gasteiger partial charge on any atom is 0.326 e. The lowest BCUT2D eigenvalue weighted by molar-refractivity contribution is -0.139. The van der Waals surface area contributed by atoms with Crippen LogP contribution in [0.3, 0.4) is 0 Å². The van der Waals surface area contributed by atoms with Crippen molar-refractivity contribution in [2.45, 2.75) is 40.2 Å². The maximum atomic E-state index is 11.2. The van der Waals surface area contributed by atoms with E-state index in [2.05, 4.69) is 15.3 Å². The summed E-state index contributed by atoms with van der Waals surface area (Å²) in [5.41, 5.74) is 1.65. The van der Waals surface area contributed by atoms with Crippen molar-refractivity contribution < 1.29 is 9.90 Å². The van der Waals surface area contributed by atoms with Crippen LogP contribution in [0.4, 0.5) is 5.95 Å². The maximum absolute atomic E-state index is 11.2. The van der Waals surface area contributed by atoms with E-state index in [1.165, 1.54) is 0 Å². The van der Waals surface area contributed by atoms with E-state index in [-0.39, 0.29) is 5.92 Å². The van der Waals surface area contributed by atoms with Crippen LogP contribution < -0.4 is 5.32 Å². The molecule has 0 aliphatic heterocycles. The summed E-state index contributed by atoms with van der Waals surface area (Å²) in [6.07, 6.45) is 0.786. The van der Waals surface area contributed by atoms with Gasteiger partial charge in [0.2, 0.25) is 5.95 Å². The summed E-state index contributed by atoms with van der Waals surface area (Å²) in [7, 11) is 0. The van der Waals surface area contributed by atoms with Crippen molar-refractivity contribution >= 4 is 11.9 Å². The minimum atomic E-state index is -0.873. The van der Waals surface area contributed by atoms with E-state index >= 15 is 0 Å². The van der Waals surface area contributed by atoms with Gasteiger partial charge in [-0.1, -0.05) is 20.3 Å². The second-order valence-electron chi connectivity index (χ2n) is 4.32. The molecule has 1 heterocycles. The molecule has 0 fully saturated rings. The second kappa shape index (κ2) is 5.61. The van der Waals surface area contributed by atoms with Gasteiger partial charge in [0.15, 0.2) is 0 Å². The Morgan fingerprint density at radius 1 is 1.41 bits per heavy atom. The Morgan fingerprint density at radius 3 is 2.35 bits per heavy atom. The van der Waals surface area contributed by atoms with E-state index in [0.717, 1.165) is 17.8 Å². The van der Waals surface area contributed by atoms with Crippen LogP contribution in [-0.4, -0.2) is 27.1 Å². The van der Waals surface area contributed by atoms with Crippen LogP contribution >= 0.6 is 0 Å². The first-order chi connectivity index (χ1) is 7.93. The molecule has 17 heavy (non-hydrogen) atoms. The van der Waals surface area contributed by atoms with Crippen LogP contribution in [-0.2, 0) is 4.79 Å². The highest BCUT2D eigenvalue weighted by atomic mass is 16.4. The summed E-state index contributed by atoms with van der Waals surface area (Å²) in [6, 6.07) is 1.20. The third kappa shape index (κ3) is 3.69. The first-order valence-electron chi connectivity index (χ1n) is 5.75. The minimum Gasteiger partial charge on any atom is -0.480 e. The SMILES string of the molecule is CC[C@H](C)[C@@H](Nc1nc(C)cc(C)n1)C(=O)O. The molecule has 0 aliphatic carbocycles. The quantitative estimate of drug-likeness (QED) is 0.819. The lowest BCUT2D eigenvalue weighted by Gasteiger charge is -2.20. The lowest BCUT2D eigenvalue weighted by atomic mass is 9.99. The van der Waals surface area contributed by atoms with Gasteiger partial charge in [-0.2, -0.15) is 0 Å². The van der Waals surface area contributed by atoms with Crippen molar-refractivity contribution in [3.05, 3.63) is 17.5 Å². The summed E-state index contributed by atoms with van der Waals surface area (Å²) < 4.78 is 0. The average molecular weight is 237 g/mol. The second-order valence-corrected chi connectivity index (χ2v) is 4.32. The summed E-state index contributed by atoms with van der Waals surface area (Å²) in [5, 5.41) is 12.0. The number of carboxylic acid groups (broad SMARTS) is 1. The van der Waals surface area contributed by atoms with E-state index in [9.17, 15) is 4.79 Å². The molecule has 0 aromatic carbocycles. The Labute approximate surface area is 101 Å². The fraction of sp³-hybridized carbons (Fsp3) is 0.583. The fourth-order valence-corrected chi connectivity index (χ4v) is 1.61. The summed E-state index contributed by atoms with van der Waals surface area (Å²) in [4.78, 5) is 19.5. The zero-order valence-electron chi connectivity index (χ0n) is 10.7. The number of anilines is 1. The molecule has 5 heteroatoms. The predicted octanol–water partition coefficient (Wildman–Crippen LogP) is 2.00. The lowest BCUT2D eigenvalue weighted by Crippen LogP contribution is -2.36. The summed E-state index contributed by atoms with van der Waals surface area (Å²) in [5.74, 6) is -0.464. The molecule has 0 aliphatic rings. The van der Waals surface area contributed by atoms with Crippen molar-refractivity contribution in [3.8, 4) is 0 Å². The molecule has 1 aromatic heterocycles. The Kier molecular flexibility index (Phi) is 4.43. The van der Waals surface area contributed by atoms with Gasteiger partial charge in [-0.05, 0) is 25.8 Å². The Bertz CT molecular complexity index is 386. The van der Waals surface area contributed by atoms with Crippen LogP contribution in [0.1, 0.15) is 31.7 Å². The molecule has 5 nitrogen and oxygen atoms in total. The first-order valence-corrected chi connectivity index (χ1v) is 5.75. The van der Waals surface area contributed by atoms with Crippen molar-refractivity contribution in [1.29, 1.82) is 0 Å². The van der Waals surface area contributed by atoms with Gasteiger partial charge in [-0.3, -0.25) is 0 Å². The minimum absolute atomic E-state index is 0.0249. The standard InChI is InChI=1S/C12H19N3O2/c1-5-7(2)10(11(16)17)15-12-13-8(3)6-9(4)14-12/h6-7,10H,5H2,1-4H3,(H,16,17)(H,13,14,15)/t7-,10+/m0/s1. The Morgan fingerprint density at radius 2 is 1.94 bits per heavy atom. The number of hydrogen-bond donors (Lipinski definition) is 2. The van der Waals surface area contributed by atoms with Crippen LogP contribution in [0, 0.1) is 19.8 Å². The molecular formula is C12H19N3O2. The molecular weight excluding hydrogens is 218 g/mol. The molecule has 1 aromatic rings. The molecule has 0 amide bonds. The van der Waals surface area contributed by atoms with Crippen molar-refractivity contribution in [2.24, 2.45) is 5.92 Å². The summed E-state index contributed by atoms with van der Waals surface area (Å²) in [6.45, 7) is 7.58. The van der Waals surface area contributed by atoms with Crippen LogP contribution in [0.2, 0.25) is 0 Å². The van der Waals surface area contributed by atoms with E-state index in [1.807, 2.05) is 33.8 Å². The van der Waals surface area contributed by atoms with Gasteiger partial charge in [0.1, 0.15) is 6.04 Å². The number of rotatable bonds is 5. The van der Waals surface area contributed by atoms with Gasteiger partial charge in [0.25, 0.3) is 0 Å². The van der Waals surface area contributed by atoms with Gasteiger partial charge in [-0.25, -0.2) is 14.8 Å². The van der Waals surface area contributed by atoms with Gasteiger partial charge in [0, 0.05) is 11.4 Å². The number of carboxylic acids is 1. The molecule has 2 atom stereocenters. The number of carbonyl (C=O) groups is 1. The van der Waals surface area contributed by atoms with E-state index in [1.54, 1.807) is 0 Å². The fourth-order valence-electron chi connectivity index (χ4n) is 1.61. The highest BCUT2D eigenvalue weighted by molar-refractivity contribution is 5.76. The molecule has 0 saturated heterocycles. The average Bonchev–Trinajstić information content (AvgIpc) is 2.23. The smallest absolute Gasteiger partial charge is 0.326 e. The monoisotopic (exact) mass is 237 g/mol. The molecule has 1 rings (SSSR count). The highest BCUT2D eigenvalue weighted by Crippen LogP contribution is 2.13. The molecule has 0 saturated carbocycles. The molecule has 0 radical (unpaired) electrons. The molecule has 0 spiro atoms. The molecule has 94 valence electrons. The zero-order valence-corrected chi connectivity index (χ0v) is 10.7. The van der Waals surface area contributed by atoms with Crippen LogP contribution in [0.5, 0.6) is 0 Å². The molecule has 0 unspecified atom stereocenters. The van der Waals surface area contributed by atoms with Crippen molar-refractivity contribution in [1.82, 2.24) is 9.97 Å². The third-order valence-electron chi connectivity index (χ3n) is 2.75. The highest BCUT2D eigenvalue weighted by Gasteiger charge is 2.24. The first kappa shape index (κ1) is 13.4. The number of nitrogens with zero attached hydrogens (tertiary/aromatic N) is 2. The van der Waals surface area contributed by atoms with Gasteiger partial charge >= 0.3 is 5.97 Å². The van der Waals surface area contributed by atoms with Crippen LogP contribution in [0.15, 0.2) is 6.07 Å². The Balaban J connectivity index is 2.89. The number of hydrogen-bond acceptors (Lipinski definition) is 4. The van der Waals surface area contributed by atoms with Gasteiger partial charge < -0.3 is 10.4 Å². The normalized spacial score (nSPS) is 14.1. The number of aliphatic carboxylic acids is 1. The van der Waals surface area contributed by atoms with Gasteiger partial charge in [0.05, 0.1) is 0 Å². The van der Waals surface area contributed by atoms with Crippen molar-refractivity contribution in [3.63, 3.8) is 0 Å². The van der Waals surface area contributed by atoms with E-state index in [0.29, 0.717) is 5.95 Å². The largest absolute Gasteiger partial charge is 0.480 e. The number of aromatic nitrogens is 2. The Hall–Kier alpha value is -1.65. The summed E-state index contributed by atoms with van der Waals surface area (Å²) >= 11 is 0. The van der Waals surface area contributed by atoms with E-state index in [4.69, 9.17) is 5.11 Å². The topological polar surface area (TPSA) is 75.1 Å². The third-order valence-corrected chi connectivity index (χ3v) is 2.75. The zero-order chi connectivity index (χ0) is 13.0. The molecule has 0 bridgehead atoms. The molecule has 2 N–H and O–H groups in total. The predicted molar refractivity (Wildman–Crippen MR) is 66.0 cm³/mol. The van der Waals surface area contributed by atoms with Crippen molar-refractivity contribution in [2.75, 3.05) is 5.32 Å². The number of aryl methyl sites for hydroxylation is 2.